The molecule has 0 aliphatic rings. The first-order chi connectivity index (χ1) is 6.24. The Morgan fingerprint density at radius 2 is 2.00 bits per heavy atom. The van der Waals surface area contributed by atoms with Gasteiger partial charge >= 0.3 is 0 Å². The molecule has 0 spiro atoms. The van der Waals surface area contributed by atoms with E-state index < -0.39 is 6.10 Å². The number of nitrogens with one attached hydrogen (secondary N) is 1. The molecule has 0 fully saturated rings. The molecule has 0 radical (unpaired) electrons. The third-order valence-electron chi connectivity index (χ3n) is 1.55. The summed E-state index contributed by atoms with van der Waals surface area (Å²) in [7, 11) is 0. The zero-order chi connectivity index (χ0) is 9.68. The van der Waals surface area contributed by atoms with E-state index in [2.05, 4.69) is 15.3 Å². The first kappa shape index (κ1) is 12.8. The highest BCUT2D eigenvalue weighted by molar-refractivity contribution is 5.24. The molecule has 0 aromatic carbocycles. The van der Waals surface area contributed by atoms with E-state index in [-0.39, 0.29) is 14.0 Å². The highest BCUT2D eigenvalue weighted by Crippen LogP contribution is 2.09. The third-order valence-corrected chi connectivity index (χ3v) is 1.55. The van der Waals surface area contributed by atoms with Crippen LogP contribution in [0.15, 0.2) is 12.4 Å². The molecule has 1 atom stereocenters. The minimum atomic E-state index is -0.549. The van der Waals surface area contributed by atoms with Crippen molar-refractivity contribution >= 4 is 5.95 Å². The Bertz CT molecular complexity index is 249. The van der Waals surface area contributed by atoms with Crippen LogP contribution in [-0.4, -0.2) is 33.3 Å². The molecule has 80 valence electrons. The Kier molecular flexibility index (Phi) is 5.74. The summed E-state index contributed by atoms with van der Waals surface area (Å²) in [6, 6.07) is 0. The smallest absolute Gasteiger partial charge is 0.222 e. The van der Waals surface area contributed by atoms with Gasteiger partial charge in [-0.05, 0) is 6.92 Å². The van der Waals surface area contributed by atoms with Crippen molar-refractivity contribution in [1.82, 2.24) is 9.97 Å². The lowest BCUT2D eigenvalue weighted by Gasteiger charge is -2.05. The number of aromatic nitrogens is 2. The average molecular weight is 199 g/mol. The highest BCUT2D eigenvalue weighted by Gasteiger charge is 2.01. The molecule has 14 heavy (non-hydrogen) atoms. The molecule has 1 unspecified atom stereocenters. The maximum Gasteiger partial charge on any atom is 0.222 e. The van der Waals surface area contributed by atoms with Gasteiger partial charge < -0.3 is 15.5 Å². The summed E-state index contributed by atoms with van der Waals surface area (Å²) >= 11 is 0. The summed E-state index contributed by atoms with van der Waals surface area (Å²) in [4.78, 5) is 7.89. The molecular formula is C9H17N3O2. The van der Waals surface area contributed by atoms with E-state index in [9.17, 15) is 0 Å². The predicted octanol–water partition coefficient (Wildman–Crippen LogP) is 0.570. The van der Waals surface area contributed by atoms with E-state index in [1.54, 1.807) is 19.3 Å². The molecule has 1 heterocycles. The van der Waals surface area contributed by atoms with Crippen LogP contribution in [-0.2, 0) is 0 Å². The number of anilines is 1. The van der Waals surface area contributed by atoms with Crippen molar-refractivity contribution in [3.63, 3.8) is 0 Å². The van der Waals surface area contributed by atoms with Crippen LogP contribution in [0.4, 0.5) is 5.95 Å². The minimum Gasteiger partial charge on any atom is -0.395 e. The summed E-state index contributed by atoms with van der Waals surface area (Å²) < 4.78 is 0. The molecule has 3 N–H and O–H groups in total. The second-order valence-electron chi connectivity index (χ2n) is 2.67. The second-order valence-corrected chi connectivity index (χ2v) is 2.67. The first-order valence-corrected chi connectivity index (χ1v) is 4.08. The van der Waals surface area contributed by atoms with Gasteiger partial charge in [0.05, 0.1) is 12.7 Å². The Morgan fingerprint density at radius 1 is 1.43 bits per heavy atom. The van der Waals surface area contributed by atoms with Gasteiger partial charge in [-0.3, -0.25) is 0 Å². The average Bonchev–Trinajstić information content (AvgIpc) is 2.15. The number of nitrogens with zero attached hydrogens (tertiary/aromatic N) is 2. The Hall–Kier alpha value is -1.20. The van der Waals surface area contributed by atoms with Gasteiger partial charge in [0.15, 0.2) is 0 Å². The molecule has 0 saturated carbocycles. The summed E-state index contributed by atoms with van der Waals surface area (Å²) in [6.07, 6.45) is 2.56. The highest BCUT2D eigenvalue weighted by atomic mass is 16.3. The van der Waals surface area contributed by atoms with E-state index >= 15 is 0 Å². The number of rotatable bonds is 4. The van der Waals surface area contributed by atoms with Crippen molar-refractivity contribution in [3.8, 4) is 0 Å². The van der Waals surface area contributed by atoms with Crippen LogP contribution in [0, 0.1) is 0 Å². The topological polar surface area (TPSA) is 78.3 Å². The molecule has 0 amide bonds. The molecule has 1 rings (SSSR count). The van der Waals surface area contributed by atoms with E-state index in [0.29, 0.717) is 18.1 Å². The maximum atomic E-state index is 9.15. The van der Waals surface area contributed by atoms with Crippen molar-refractivity contribution in [2.75, 3.05) is 18.5 Å². The molecule has 0 saturated heterocycles. The van der Waals surface area contributed by atoms with Gasteiger partial charge in [-0.1, -0.05) is 7.43 Å². The lowest BCUT2D eigenvalue weighted by Crippen LogP contribution is -2.08. The zero-order valence-electron chi connectivity index (χ0n) is 7.44. The fraction of sp³-hybridized carbons (Fsp3) is 0.556. The van der Waals surface area contributed by atoms with E-state index in [0.717, 1.165) is 0 Å². The largest absolute Gasteiger partial charge is 0.395 e. The SMILES string of the molecule is C.CC(O)c1cnc(NCCO)nc1. The van der Waals surface area contributed by atoms with Gasteiger partial charge in [0.1, 0.15) is 0 Å². The number of aliphatic hydroxyl groups excluding tert-OH is 2. The van der Waals surface area contributed by atoms with Crippen molar-refractivity contribution in [2.24, 2.45) is 0 Å². The van der Waals surface area contributed by atoms with Gasteiger partial charge in [0.25, 0.3) is 0 Å². The standard InChI is InChI=1S/C8H13N3O2.CH4/c1-6(13)7-4-10-8(11-5-7)9-2-3-12;/h4-6,12-13H,2-3H2,1H3,(H,9,10,11);1H4. The lowest BCUT2D eigenvalue weighted by molar-refractivity contribution is 0.198. The van der Waals surface area contributed by atoms with Gasteiger partial charge in [-0.25, -0.2) is 9.97 Å². The summed E-state index contributed by atoms with van der Waals surface area (Å²) in [6.45, 7) is 2.12. The van der Waals surface area contributed by atoms with Crippen molar-refractivity contribution in [3.05, 3.63) is 18.0 Å². The first-order valence-electron chi connectivity index (χ1n) is 4.08. The molecule has 1 aromatic heterocycles. The Labute approximate surface area is 83.8 Å². The predicted molar refractivity (Wildman–Crippen MR) is 55.0 cm³/mol. The molecule has 5 heteroatoms. The molecule has 0 aliphatic carbocycles. The van der Waals surface area contributed by atoms with Gasteiger partial charge in [0.2, 0.25) is 5.95 Å². The molecule has 0 bridgehead atoms. The van der Waals surface area contributed by atoms with Gasteiger partial charge in [-0.2, -0.15) is 0 Å². The van der Waals surface area contributed by atoms with Crippen LogP contribution in [0.1, 0.15) is 26.0 Å². The number of hydrogen-bond acceptors (Lipinski definition) is 5. The Morgan fingerprint density at radius 3 is 2.43 bits per heavy atom. The summed E-state index contributed by atoms with van der Waals surface area (Å²) in [5, 5.41) is 20.5. The molecule has 1 aromatic rings. The monoisotopic (exact) mass is 199 g/mol. The second kappa shape index (κ2) is 6.28. The third kappa shape index (κ3) is 3.68. The molecular weight excluding hydrogens is 182 g/mol. The summed E-state index contributed by atoms with van der Waals surface area (Å²) in [5.41, 5.74) is 0.676. The van der Waals surface area contributed by atoms with Crippen LogP contribution in [0.3, 0.4) is 0 Å². The lowest BCUT2D eigenvalue weighted by atomic mass is 10.2. The van der Waals surface area contributed by atoms with Crippen LogP contribution >= 0.6 is 0 Å². The van der Waals surface area contributed by atoms with E-state index in [4.69, 9.17) is 10.2 Å². The fourth-order valence-corrected chi connectivity index (χ4v) is 0.813. The van der Waals surface area contributed by atoms with Crippen molar-refractivity contribution in [2.45, 2.75) is 20.5 Å². The molecule has 5 nitrogen and oxygen atoms in total. The molecule has 0 aliphatic heterocycles. The van der Waals surface area contributed by atoms with Crippen molar-refractivity contribution < 1.29 is 10.2 Å². The number of hydrogen-bond donors (Lipinski definition) is 3. The minimum absolute atomic E-state index is 0. The zero-order valence-corrected chi connectivity index (χ0v) is 7.44. The normalized spacial score (nSPS) is 11.6. The summed E-state index contributed by atoms with van der Waals surface area (Å²) in [5.74, 6) is 0.457. The Balaban J connectivity index is 0.00000169. The van der Waals surface area contributed by atoms with Crippen LogP contribution < -0.4 is 5.32 Å². The van der Waals surface area contributed by atoms with Crippen LogP contribution in [0.2, 0.25) is 0 Å². The van der Waals surface area contributed by atoms with Gasteiger partial charge in [-0.15, -0.1) is 0 Å². The fourth-order valence-electron chi connectivity index (χ4n) is 0.813. The van der Waals surface area contributed by atoms with E-state index in [1.807, 2.05) is 0 Å². The quantitative estimate of drug-likeness (QED) is 0.660. The van der Waals surface area contributed by atoms with Gasteiger partial charge in [0, 0.05) is 24.5 Å². The van der Waals surface area contributed by atoms with Crippen LogP contribution in [0.25, 0.3) is 0 Å². The van der Waals surface area contributed by atoms with E-state index in [1.165, 1.54) is 0 Å². The van der Waals surface area contributed by atoms with Crippen LogP contribution in [0.5, 0.6) is 0 Å². The van der Waals surface area contributed by atoms with Crippen molar-refractivity contribution in [1.29, 1.82) is 0 Å². The maximum absolute atomic E-state index is 9.15. The number of aliphatic hydroxyl groups is 2.